The molecule has 19 heavy (non-hydrogen) atoms. The summed E-state index contributed by atoms with van der Waals surface area (Å²) in [5.41, 5.74) is 4.22. The quantitative estimate of drug-likeness (QED) is 0.655. The van der Waals surface area contributed by atoms with Gasteiger partial charge in [0.1, 0.15) is 5.82 Å². The maximum Gasteiger partial charge on any atom is 0.142 e. The third kappa shape index (κ3) is 3.20. The predicted molar refractivity (Wildman–Crippen MR) is 75.8 cm³/mol. The maximum atomic E-state index is 14.0. The van der Waals surface area contributed by atoms with E-state index < -0.39 is 0 Å². The zero-order valence-electron chi connectivity index (χ0n) is 10.6. The number of halogens is 2. The van der Waals surface area contributed by atoms with E-state index in [2.05, 4.69) is 26.5 Å². The molecule has 0 aliphatic heterocycles. The predicted octanol–water partition coefficient (Wildman–Crippen LogP) is 2.55. The number of rotatable bonds is 5. The Bertz CT molecular complexity index is 555. The van der Waals surface area contributed by atoms with Gasteiger partial charge in [0, 0.05) is 18.3 Å². The fourth-order valence-electron chi connectivity index (χ4n) is 1.97. The van der Waals surface area contributed by atoms with E-state index in [-0.39, 0.29) is 11.9 Å². The minimum absolute atomic E-state index is 0.284. The van der Waals surface area contributed by atoms with Crippen LogP contribution in [0.4, 0.5) is 4.39 Å². The first-order valence-electron chi connectivity index (χ1n) is 6.07. The van der Waals surface area contributed by atoms with Crippen molar-refractivity contribution in [3.05, 3.63) is 52.0 Å². The molecular weight excluding hydrogens is 311 g/mol. The highest BCUT2D eigenvalue weighted by molar-refractivity contribution is 9.10. The molecule has 0 spiro atoms. The lowest BCUT2D eigenvalue weighted by atomic mass is 10.0. The molecular formula is C13H16BrFN4. The first-order chi connectivity index (χ1) is 9.15. The fraction of sp³-hybridized carbons (Fsp3) is 0.308. The summed E-state index contributed by atoms with van der Waals surface area (Å²) in [6, 6.07) is 4.91. The van der Waals surface area contributed by atoms with Crippen LogP contribution < -0.4 is 11.3 Å². The van der Waals surface area contributed by atoms with E-state index in [1.165, 1.54) is 0 Å². The summed E-state index contributed by atoms with van der Waals surface area (Å²) in [5.74, 6) is 5.27. The van der Waals surface area contributed by atoms with Gasteiger partial charge in [-0.15, -0.1) is 0 Å². The second kappa shape index (κ2) is 6.27. The van der Waals surface area contributed by atoms with Gasteiger partial charge in [-0.1, -0.05) is 12.1 Å². The second-order valence-corrected chi connectivity index (χ2v) is 5.13. The number of nitrogens with one attached hydrogen (secondary N) is 1. The molecule has 2 rings (SSSR count). The second-order valence-electron chi connectivity index (χ2n) is 4.27. The van der Waals surface area contributed by atoms with Crippen LogP contribution in [-0.4, -0.2) is 9.78 Å². The van der Waals surface area contributed by atoms with Crippen molar-refractivity contribution in [2.75, 3.05) is 0 Å². The zero-order chi connectivity index (χ0) is 13.8. The van der Waals surface area contributed by atoms with Gasteiger partial charge in [-0.3, -0.25) is 16.0 Å². The Morgan fingerprint density at radius 3 is 2.95 bits per heavy atom. The molecule has 4 nitrogen and oxygen atoms in total. The number of nitrogens with two attached hydrogens (primary N) is 1. The zero-order valence-corrected chi connectivity index (χ0v) is 12.2. The monoisotopic (exact) mass is 326 g/mol. The minimum atomic E-state index is -0.285. The molecule has 1 unspecified atom stereocenters. The van der Waals surface area contributed by atoms with E-state index >= 15 is 0 Å². The lowest BCUT2D eigenvalue weighted by molar-refractivity contribution is 0.508. The van der Waals surface area contributed by atoms with Gasteiger partial charge in [0.25, 0.3) is 0 Å². The summed E-state index contributed by atoms with van der Waals surface area (Å²) >= 11 is 3.18. The Balaban J connectivity index is 2.22. The van der Waals surface area contributed by atoms with E-state index in [1.807, 2.05) is 17.8 Å². The highest BCUT2D eigenvalue weighted by atomic mass is 79.9. The van der Waals surface area contributed by atoms with E-state index in [1.54, 1.807) is 24.4 Å². The molecule has 0 fully saturated rings. The molecule has 0 saturated carbocycles. The van der Waals surface area contributed by atoms with Gasteiger partial charge in [0.15, 0.2) is 0 Å². The van der Waals surface area contributed by atoms with Crippen molar-refractivity contribution < 1.29 is 4.39 Å². The first kappa shape index (κ1) is 14.2. The largest absolute Gasteiger partial charge is 0.273 e. The van der Waals surface area contributed by atoms with Gasteiger partial charge in [-0.25, -0.2) is 4.39 Å². The van der Waals surface area contributed by atoms with Crippen molar-refractivity contribution in [2.45, 2.75) is 25.9 Å². The van der Waals surface area contributed by atoms with Gasteiger partial charge in [-0.05, 0) is 40.9 Å². The lowest BCUT2D eigenvalue weighted by Gasteiger charge is -2.16. The lowest BCUT2D eigenvalue weighted by Crippen LogP contribution is -2.30. The van der Waals surface area contributed by atoms with Crippen LogP contribution in [0, 0.1) is 5.82 Å². The molecule has 102 valence electrons. The molecule has 1 aromatic heterocycles. The summed E-state index contributed by atoms with van der Waals surface area (Å²) in [6.07, 6.45) is 4.31. The Morgan fingerprint density at radius 1 is 1.53 bits per heavy atom. The normalized spacial score (nSPS) is 12.6. The Morgan fingerprint density at radius 2 is 2.32 bits per heavy atom. The number of benzene rings is 1. The van der Waals surface area contributed by atoms with Crippen molar-refractivity contribution in [3.8, 4) is 0 Å². The molecule has 1 aromatic carbocycles. The average Bonchev–Trinajstić information content (AvgIpc) is 2.87. The van der Waals surface area contributed by atoms with Crippen LogP contribution in [0.15, 0.2) is 35.1 Å². The van der Waals surface area contributed by atoms with Crippen molar-refractivity contribution in [1.29, 1.82) is 0 Å². The SMILES string of the molecule is CCn1cc(CC(NN)c2cccc(Br)c2F)cn1. The summed E-state index contributed by atoms with van der Waals surface area (Å²) in [6.45, 7) is 2.83. The number of nitrogens with zero attached hydrogens (tertiary/aromatic N) is 2. The van der Waals surface area contributed by atoms with Crippen LogP contribution in [0.2, 0.25) is 0 Å². The van der Waals surface area contributed by atoms with Crippen molar-refractivity contribution >= 4 is 15.9 Å². The standard InChI is InChI=1S/C13H16BrFN4/c1-2-19-8-9(7-17-19)6-12(18-16)10-4-3-5-11(14)13(10)15/h3-5,7-8,12,18H,2,6,16H2,1H3. The van der Waals surface area contributed by atoms with Crippen molar-refractivity contribution in [2.24, 2.45) is 5.84 Å². The van der Waals surface area contributed by atoms with E-state index in [9.17, 15) is 4.39 Å². The highest BCUT2D eigenvalue weighted by Gasteiger charge is 2.17. The highest BCUT2D eigenvalue weighted by Crippen LogP contribution is 2.25. The fourth-order valence-corrected chi connectivity index (χ4v) is 2.35. The summed E-state index contributed by atoms with van der Waals surface area (Å²) in [4.78, 5) is 0. The van der Waals surface area contributed by atoms with Crippen LogP contribution in [0.1, 0.15) is 24.1 Å². The van der Waals surface area contributed by atoms with Crippen LogP contribution >= 0.6 is 15.9 Å². The number of hydrogen-bond donors (Lipinski definition) is 2. The molecule has 0 aliphatic carbocycles. The molecule has 2 aromatic rings. The summed E-state index contributed by atoms with van der Waals surface area (Å²) in [5, 5.41) is 4.20. The molecule has 0 bridgehead atoms. The minimum Gasteiger partial charge on any atom is -0.273 e. The number of hydrogen-bond acceptors (Lipinski definition) is 3. The topological polar surface area (TPSA) is 55.9 Å². The number of hydrazine groups is 1. The first-order valence-corrected chi connectivity index (χ1v) is 6.86. The number of aryl methyl sites for hydroxylation is 1. The number of aromatic nitrogens is 2. The molecule has 1 heterocycles. The van der Waals surface area contributed by atoms with E-state index in [4.69, 9.17) is 5.84 Å². The third-order valence-corrected chi connectivity index (χ3v) is 3.62. The van der Waals surface area contributed by atoms with Gasteiger partial charge in [0.2, 0.25) is 0 Å². The smallest absolute Gasteiger partial charge is 0.142 e. The van der Waals surface area contributed by atoms with Crippen molar-refractivity contribution in [3.63, 3.8) is 0 Å². The van der Waals surface area contributed by atoms with Crippen LogP contribution in [0.3, 0.4) is 0 Å². The molecule has 0 amide bonds. The summed E-state index contributed by atoms with van der Waals surface area (Å²) < 4.78 is 16.3. The Labute approximate surface area is 119 Å². The van der Waals surface area contributed by atoms with Gasteiger partial charge >= 0.3 is 0 Å². The van der Waals surface area contributed by atoms with Gasteiger partial charge < -0.3 is 0 Å². The van der Waals surface area contributed by atoms with Crippen LogP contribution in [0.5, 0.6) is 0 Å². The van der Waals surface area contributed by atoms with Gasteiger partial charge in [0.05, 0.1) is 16.7 Å². The molecule has 1 atom stereocenters. The maximum absolute atomic E-state index is 14.0. The molecule has 0 saturated heterocycles. The third-order valence-electron chi connectivity index (χ3n) is 3.01. The Kier molecular flexibility index (Phi) is 4.68. The van der Waals surface area contributed by atoms with Crippen LogP contribution in [-0.2, 0) is 13.0 Å². The molecule has 0 radical (unpaired) electrons. The average molecular weight is 327 g/mol. The molecule has 3 N–H and O–H groups in total. The van der Waals surface area contributed by atoms with Crippen LogP contribution in [0.25, 0.3) is 0 Å². The molecule has 6 heteroatoms. The van der Waals surface area contributed by atoms with E-state index in [0.29, 0.717) is 16.5 Å². The van der Waals surface area contributed by atoms with Crippen molar-refractivity contribution in [1.82, 2.24) is 15.2 Å². The van der Waals surface area contributed by atoms with E-state index in [0.717, 1.165) is 12.1 Å². The molecule has 0 aliphatic rings. The summed E-state index contributed by atoms with van der Waals surface area (Å²) in [7, 11) is 0. The van der Waals surface area contributed by atoms with Gasteiger partial charge in [-0.2, -0.15) is 5.10 Å². The Hall–Kier alpha value is -1.24.